The topological polar surface area (TPSA) is 12.0 Å². The van der Waals surface area contributed by atoms with Crippen LogP contribution in [0.15, 0.2) is 30.3 Å². The van der Waals surface area contributed by atoms with Crippen molar-refractivity contribution < 1.29 is 0 Å². The predicted molar refractivity (Wildman–Crippen MR) is 78.5 cm³/mol. The number of hydrogen-bond donors (Lipinski definition) is 1. The van der Waals surface area contributed by atoms with E-state index in [4.69, 9.17) is 0 Å². The van der Waals surface area contributed by atoms with Gasteiger partial charge < -0.3 is 5.32 Å². The summed E-state index contributed by atoms with van der Waals surface area (Å²) in [5.41, 5.74) is 1.98. The van der Waals surface area contributed by atoms with Gasteiger partial charge in [-0.1, -0.05) is 57.0 Å². The lowest BCUT2D eigenvalue weighted by Crippen LogP contribution is -2.33. The monoisotopic (exact) mass is 245 g/mol. The van der Waals surface area contributed by atoms with Crippen molar-refractivity contribution in [2.45, 2.75) is 52.5 Å². The van der Waals surface area contributed by atoms with Crippen molar-refractivity contribution in [3.8, 4) is 0 Å². The van der Waals surface area contributed by atoms with Gasteiger partial charge in [-0.25, -0.2) is 0 Å². The molecule has 0 bridgehead atoms. The van der Waals surface area contributed by atoms with E-state index in [0.29, 0.717) is 5.41 Å². The summed E-state index contributed by atoms with van der Waals surface area (Å²) in [4.78, 5) is 0. The maximum Gasteiger partial charge on any atom is 0.0205 e. The quantitative estimate of drug-likeness (QED) is 0.784. The molecule has 1 aliphatic carbocycles. The van der Waals surface area contributed by atoms with Crippen molar-refractivity contribution in [1.29, 1.82) is 0 Å². The molecule has 1 nitrogen and oxygen atoms in total. The molecule has 1 heteroatoms. The van der Waals surface area contributed by atoms with Crippen LogP contribution in [-0.2, 0) is 6.54 Å². The highest BCUT2D eigenvalue weighted by Crippen LogP contribution is 2.42. The Bertz CT molecular complexity index is 336. The summed E-state index contributed by atoms with van der Waals surface area (Å²) in [6.07, 6.45) is 7.09. The molecule has 0 heterocycles. The van der Waals surface area contributed by atoms with Crippen LogP contribution in [0.4, 0.5) is 0 Å². The Balaban J connectivity index is 1.83. The van der Waals surface area contributed by atoms with Gasteiger partial charge >= 0.3 is 0 Å². The fourth-order valence-corrected chi connectivity index (χ4v) is 3.51. The Kier molecular flexibility index (Phi) is 4.82. The Morgan fingerprint density at radius 2 is 1.78 bits per heavy atom. The highest BCUT2D eigenvalue weighted by Gasteiger charge is 2.33. The molecule has 1 fully saturated rings. The lowest BCUT2D eigenvalue weighted by atomic mass is 9.78. The standard InChI is InChI=1S/C17H27N/c1-15(2)12-17(10-6-7-11-17)14-18-13-16-8-4-3-5-9-16/h3-5,8-9,15,18H,6-7,10-14H2,1-2H3. The highest BCUT2D eigenvalue weighted by molar-refractivity contribution is 5.14. The molecule has 0 amide bonds. The van der Waals surface area contributed by atoms with Crippen LogP contribution in [0, 0.1) is 11.3 Å². The van der Waals surface area contributed by atoms with E-state index in [1.807, 2.05) is 0 Å². The lowest BCUT2D eigenvalue weighted by Gasteiger charge is -2.31. The fraction of sp³-hybridized carbons (Fsp3) is 0.647. The summed E-state index contributed by atoms with van der Waals surface area (Å²) in [7, 11) is 0. The molecular weight excluding hydrogens is 218 g/mol. The van der Waals surface area contributed by atoms with Gasteiger partial charge in [-0.3, -0.25) is 0 Å². The molecule has 0 atom stereocenters. The van der Waals surface area contributed by atoms with Gasteiger partial charge in [0.1, 0.15) is 0 Å². The molecule has 18 heavy (non-hydrogen) atoms. The zero-order valence-electron chi connectivity index (χ0n) is 11.9. The van der Waals surface area contributed by atoms with E-state index in [1.165, 1.54) is 44.2 Å². The first-order valence-corrected chi connectivity index (χ1v) is 7.45. The van der Waals surface area contributed by atoms with Crippen LogP contribution in [0.1, 0.15) is 51.5 Å². The molecule has 0 saturated heterocycles. The summed E-state index contributed by atoms with van der Waals surface area (Å²) in [6.45, 7) is 6.93. The van der Waals surface area contributed by atoms with Crippen molar-refractivity contribution in [3.63, 3.8) is 0 Å². The number of benzene rings is 1. The summed E-state index contributed by atoms with van der Waals surface area (Å²) < 4.78 is 0. The van der Waals surface area contributed by atoms with Gasteiger partial charge in [0.05, 0.1) is 0 Å². The van der Waals surface area contributed by atoms with Crippen molar-refractivity contribution in [1.82, 2.24) is 5.32 Å². The van der Waals surface area contributed by atoms with Crippen LogP contribution < -0.4 is 5.32 Å². The summed E-state index contributed by atoms with van der Waals surface area (Å²) in [6, 6.07) is 10.7. The Hall–Kier alpha value is -0.820. The SMILES string of the molecule is CC(C)CC1(CNCc2ccccc2)CCCC1. The first kappa shape index (κ1) is 13.6. The minimum atomic E-state index is 0.586. The van der Waals surface area contributed by atoms with E-state index in [0.717, 1.165) is 12.5 Å². The van der Waals surface area contributed by atoms with Gasteiger partial charge in [0.2, 0.25) is 0 Å². The second kappa shape index (κ2) is 6.38. The van der Waals surface area contributed by atoms with Crippen LogP contribution in [0.2, 0.25) is 0 Å². The summed E-state index contributed by atoms with van der Waals surface area (Å²) >= 11 is 0. The van der Waals surface area contributed by atoms with Crippen LogP contribution in [0.25, 0.3) is 0 Å². The molecule has 0 aromatic heterocycles. The third kappa shape index (κ3) is 3.84. The third-order valence-corrected chi connectivity index (χ3v) is 4.18. The highest BCUT2D eigenvalue weighted by atomic mass is 14.9. The largest absolute Gasteiger partial charge is 0.312 e. The summed E-state index contributed by atoms with van der Waals surface area (Å²) in [5, 5.41) is 3.69. The van der Waals surface area contributed by atoms with Crippen molar-refractivity contribution in [3.05, 3.63) is 35.9 Å². The molecule has 100 valence electrons. The van der Waals surface area contributed by atoms with E-state index in [2.05, 4.69) is 49.5 Å². The van der Waals surface area contributed by atoms with Gasteiger partial charge in [-0.05, 0) is 36.2 Å². The lowest BCUT2D eigenvalue weighted by molar-refractivity contribution is 0.223. The molecule has 1 N–H and O–H groups in total. The maximum absolute atomic E-state index is 3.69. The average Bonchev–Trinajstić information content (AvgIpc) is 2.78. The van der Waals surface area contributed by atoms with Gasteiger partial charge in [0.25, 0.3) is 0 Å². The normalized spacial score (nSPS) is 18.4. The van der Waals surface area contributed by atoms with Gasteiger partial charge in [0, 0.05) is 13.1 Å². The molecule has 0 unspecified atom stereocenters. The zero-order valence-corrected chi connectivity index (χ0v) is 11.9. The molecule has 2 rings (SSSR count). The van der Waals surface area contributed by atoms with E-state index in [9.17, 15) is 0 Å². The van der Waals surface area contributed by atoms with Gasteiger partial charge in [-0.15, -0.1) is 0 Å². The predicted octanol–water partition coefficient (Wildman–Crippen LogP) is 4.38. The zero-order chi connectivity index (χ0) is 12.8. The second-order valence-corrected chi connectivity index (χ2v) is 6.39. The van der Waals surface area contributed by atoms with Crippen molar-refractivity contribution in [2.75, 3.05) is 6.54 Å². The smallest absolute Gasteiger partial charge is 0.0205 e. The van der Waals surface area contributed by atoms with Gasteiger partial charge in [0.15, 0.2) is 0 Å². The minimum Gasteiger partial charge on any atom is -0.312 e. The van der Waals surface area contributed by atoms with E-state index in [-0.39, 0.29) is 0 Å². The molecule has 1 aromatic rings. The van der Waals surface area contributed by atoms with E-state index in [1.54, 1.807) is 0 Å². The van der Waals surface area contributed by atoms with E-state index < -0.39 is 0 Å². The van der Waals surface area contributed by atoms with Gasteiger partial charge in [-0.2, -0.15) is 0 Å². The molecular formula is C17H27N. The Labute approximate surface area is 112 Å². The molecule has 1 aliphatic rings. The van der Waals surface area contributed by atoms with Crippen LogP contribution in [-0.4, -0.2) is 6.54 Å². The van der Waals surface area contributed by atoms with Crippen LogP contribution in [0.3, 0.4) is 0 Å². The first-order valence-electron chi connectivity index (χ1n) is 7.45. The molecule has 0 aliphatic heterocycles. The number of rotatable bonds is 6. The first-order chi connectivity index (χ1) is 8.70. The maximum atomic E-state index is 3.69. The molecule has 0 spiro atoms. The average molecular weight is 245 g/mol. The number of hydrogen-bond acceptors (Lipinski definition) is 1. The van der Waals surface area contributed by atoms with Crippen LogP contribution in [0.5, 0.6) is 0 Å². The number of nitrogens with one attached hydrogen (secondary N) is 1. The van der Waals surface area contributed by atoms with Crippen LogP contribution >= 0.6 is 0 Å². The molecule has 1 aromatic carbocycles. The van der Waals surface area contributed by atoms with Crippen molar-refractivity contribution >= 4 is 0 Å². The minimum absolute atomic E-state index is 0.586. The van der Waals surface area contributed by atoms with Crippen molar-refractivity contribution in [2.24, 2.45) is 11.3 Å². The van der Waals surface area contributed by atoms with E-state index >= 15 is 0 Å². The summed E-state index contributed by atoms with van der Waals surface area (Å²) in [5.74, 6) is 0.821. The molecule has 0 radical (unpaired) electrons. The third-order valence-electron chi connectivity index (χ3n) is 4.18. The Morgan fingerprint density at radius 1 is 1.11 bits per heavy atom. The fourth-order valence-electron chi connectivity index (χ4n) is 3.51. The Morgan fingerprint density at radius 3 is 2.39 bits per heavy atom. The molecule has 1 saturated carbocycles. The second-order valence-electron chi connectivity index (χ2n) is 6.39.